The smallest absolute Gasteiger partial charge is 0.227 e. The third kappa shape index (κ3) is 4.55. The molecule has 2 atom stereocenters. The van der Waals surface area contributed by atoms with Crippen molar-refractivity contribution in [3.8, 4) is 0 Å². The van der Waals surface area contributed by atoms with E-state index in [-0.39, 0.29) is 5.91 Å². The van der Waals surface area contributed by atoms with Gasteiger partial charge in [-0.3, -0.25) is 9.69 Å². The second-order valence-corrected chi connectivity index (χ2v) is 7.40. The molecule has 3 rings (SSSR count). The van der Waals surface area contributed by atoms with Gasteiger partial charge in [-0.1, -0.05) is 25.0 Å². The summed E-state index contributed by atoms with van der Waals surface area (Å²) in [5, 5.41) is 2.37. The zero-order chi connectivity index (χ0) is 17.6. The van der Waals surface area contributed by atoms with Crippen molar-refractivity contribution < 1.29 is 4.79 Å². The lowest BCUT2D eigenvalue weighted by Gasteiger charge is -2.42. The number of hydrogen-bond donors (Lipinski definition) is 0. The number of carbonyl (C=O) groups is 1. The molecule has 0 aromatic heterocycles. The molecule has 0 spiro atoms. The van der Waals surface area contributed by atoms with Crippen LogP contribution in [0.5, 0.6) is 0 Å². The van der Waals surface area contributed by atoms with Crippen molar-refractivity contribution in [2.24, 2.45) is 4.99 Å². The Balaban J connectivity index is 1.64. The number of hydrogen-bond acceptors (Lipinski definition) is 4. The molecule has 2 aliphatic rings. The Labute approximate surface area is 155 Å². The first-order valence-corrected chi connectivity index (χ1v) is 9.76. The van der Waals surface area contributed by atoms with E-state index >= 15 is 0 Å². The summed E-state index contributed by atoms with van der Waals surface area (Å²) in [6.45, 7) is 2.40. The molecule has 0 N–H and O–H groups in total. The summed E-state index contributed by atoms with van der Waals surface area (Å²) in [7, 11) is 1.99. The molecule has 1 aliphatic heterocycles. The van der Waals surface area contributed by atoms with Gasteiger partial charge in [0, 0.05) is 19.1 Å². The molecule has 0 bridgehead atoms. The third-order valence-electron chi connectivity index (χ3n) is 5.66. The van der Waals surface area contributed by atoms with Crippen LogP contribution >= 0.6 is 12.2 Å². The fraction of sp³-hybridized carbons (Fsp3) is 0.600. The first kappa shape index (κ1) is 18.2. The lowest BCUT2D eigenvalue weighted by molar-refractivity contribution is -0.133. The van der Waals surface area contributed by atoms with E-state index in [0.29, 0.717) is 18.5 Å². The largest absolute Gasteiger partial charge is 0.341 e. The fourth-order valence-electron chi connectivity index (χ4n) is 4.27. The Bertz CT molecular complexity index is 633. The molecular formula is C20H27N3OS. The van der Waals surface area contributed by atoms with Crippen LogP contribution < -0.4 is 0 Å². The molecule has 134 valence electrons. The predicted octanol–water partition coefficient (Wildman–Crippen LogP) is 3.83. The molecule has 1 aromatic carbocycles. The van der Waals surface area contributed by atoms with Crippen molar-refractivity contribution in [2.75, 3.05) is 20.1 Å². The Morgan fingerprint density at radius 3 is 2.56 bits per heavy atom. The average molecular weight is 358 g/mol. The number of benzene rings is 1. The molecule has 4 nitrogen and oxygen atoms in total. The standard InChI is InChI=1S/C20H27N3OS/c1-22(18-6-2-3-7-19(18)23-12-4-5-13-23)20(24)14-16-8-10-17(11-9-16)21-15-25/h8-11,18-19H,2-7,12-14H2,1H3/t18-,19-/m0/s1. The monoisotopic (exact) mass is 357 g/mol. The van der Waals surface area contributed by atoms with Gasteiger partial charge in [0.25, 0.3) is 0 Å². The van der Waals surface area contributed by atoms with Gasteiger partial charge in [0.2, 0.25) is 5.91 Å². The highest BCUT2D eigenvalue weighted by Gasteiger charge is 2.35. The minimum absolute atomic E-state index is 0.210. The molecule has 0 unspecified atom stereocenters. The lowest BCUT2D eigenvalue weighted by Crippen LogP contribution is -2.53. The highest BCUT2D eigenvalue weighted by Crippen LogP contribution is 2.29. The minimum atomic E-state index is 0.210. The van der Waals surface area contributed by atoms with Crippen molar-refractivity contribution in [2.45, 2.75) is 57.0 Å². The van der Waals surface area contributed by atoms with E-state index in [1.165, 1.54) is 45.2 Å². The Kier molecular flexibility index (Phi) is 6.35. The number of likely N-dealkylation sites (N-methyl/N-ethyl adjacent to an activating group) is 1. The summed E-state index contributed by atoms with van der Waals surface area (Å²) in [6, 6.07) is 8.58. The molecule has 1 saturated carbocycles. The third-order valence-corrected chi connectivity index (χ3v) is 5.75. The average Bonchev–Trinajstić information content (AvgIpc) is 3.17. The van der Waals surface area contributed by atoms with E-state index in [1.807, 2.05) is 36.2 Å². The number of aliphatic imine (C=N–C) groups is 1. The van der Waals surface area contributed by atoms with E-state index in [9.17, 15) is 4.79 Å². The second kappa shape index (κ2) is 8.70. The van der Waals surface area contributed by atoms with Crippen LogP contribution in [0, 0.1) is 0 Å². The van der Waals surface area contributed by atoms with Gasteiger partial charge < -0.3 is 4.90 Å². The topological polar surface area (TPSA) is 35.9 Å². The number of thiocarbonyl (C=S) groups is 1. The van der Waals surface area contributed by atoms with Crippen molar-refractivity contribution >= 4 is 29.0 Å². The van der Waals surface area contributed by atoms with Crippen LogP contribution in [0.2, 0.25) is 0 Å². The minimum Gasteiger partial charge on any atom is -0.341 e. The van der Waals surface area contributed by atoms with Crippen LogP contribution in [0.3, 0.4) is 0 Å². The van der Waals surface area contributed by atoms with Gasteiger partial charge in [-0.15, -0.1) is 0 Å². The van der Waals surface area contributed by atoms with Gasteiger partial charge in [-0.2, -0.15) is 4.99 Å². The number of amides is 1. The number of nitrogens with zero attached hydrogens (tertiary/aromatic N) is 3. The quantitative estimate of drug-likeness (QED) is 0.593. The van der Waals surface area contributed by atoms with E-state index in [1.54, 1.807) is 0 Å². The molecule has 25 heavy (non-hydrogen) atoms. The maximum absolute atomic E-state index is 12.8. The highest BCUT2D eigenvalue weighted by atomic mass is 32.1. The van der Waals surface area contributed by atoms with Crippen molar-refractivity contribution in [3.05, 3.63) is 29.8 Å². The van der Waals surface area contributed by atoms with Gasteiger partial charge >= 0.3 is 0 Å². The Hall–Kier alpha value is -1.55. The number of likely N-dealkylation sites (tertiary alicyclic amines) is 1. The van der Waals surface area contributed by atoms with Crippen LogP contribution in [0.1, 0.15) is 44.1 Å². The second-order valence-electron chi connectivity index (χ2n) is 7.21. The van der Waals surface area contributed by atoms with Crippen LogP contribution in [0.15, 0.2) is 29.3 Å². The van der Waals surface area contributed by atoms with Crippen molar-refractivity contribution in [1.29, 1.82) is 0 Å². The predicted molar refractivity (Wildman–Crippen MR) is 104 cm³/mol. The molecule has 1 heterocycles. The van der Waals surface area contributed by atoms with E-state index in [2.05, 4.69) is 27.3 Å². The zero-order valence-corrected chi connectivity index (χ0v) is 15.8. The SMILES string of the molecule is CN(C(=O)Cc1ccc(N=C=S)cc1)[C@H]1CCCC[C@@H]1N1CCCC1. The van der Waals surface area contributed by atoms with E-state index in [4.69, 9.17) is 0 Å². The Morgan fingerprint density at radius 1 is 1.20 bits per heavy atom. The highest BCUT2D eigenvalue weighted by molar-refractivity contribution is 7.78. The number of rotatable bonds is 5. The summed E-state index contributed by atoms with van der Waals surface area (Å²) in [4.78, 5) is 21.4. The van der Waals surface area contributed by atoms with Crippen molar-refractivity contribution in [3.63, 3.8) is 0 Å². The van der Waals surface area contributed by atoms with E-state index < -0.39 is 0 Å². The molecule has 1 saturated heterocycles. The van der Waals surface area contributed by atoms with Crippen LogP contribution in [0.4, 0.5) is 5.69 Å². The summed E-state index contributed by atoms with van der Waals surface area (Å²) >= 11 is 4.62. The lowest BCUT2D eigenvalue weighted by atomic mass is 9.88. The van der Waals surface area contributed by atoms with Crippen molar-refractivity contribution in [1.82, 2.24) is 9.80 Å². The zero-order valence-electron chi connectivity index (χ0n) is 15.0. The van der Waals surface area contributed by atoms with Gasteiger partial charge in [0.1, 0.15) is 0 Å². The summed E-state index contributed by atoms with van der Waals surface area (Å²) in [6.07, 6.45) is 7.94. The first-order valence-electron chi connectivity index (χ1n) is 9.35. The molecule has 5 heteroatoms. The molecule has 1 aromatic rings. The van der Waals surface area contributed by atoms with Gasteiger partial charge in [-0.05, 0) is 68.7 Å². The molecule has 1 amide bonds. The fourth-order valence-corrected chi connectivity index (χ4v) is 4.37. The van der Waals surface area contributed by atoms with Gasteiger partial charge in [0.15, 0.2) is 0 Å². The van der Waals surface area contributed by atoms with Gasteiger partial charge in [-0.25, -0.2) is 0 Å². The first-order chi connectivity index (χ1) is 12.2. The normalized spacial score (nSPS) is 23.9. The number of isothiocyanates is 1. The van der Waals surface area contributed by atoms with Crippen LogP contribution in [0.25, 0.3) is 0 Å². The maximum atomic E-state index is 12.8. The molecule has 2 fully saturated rings. The maximum Gasteiger partial charge on any atom is 0.227 e. The summed E-state index contributed by atoms with van der Waals surface area (Å²) < 4.78 is 0. The molecule has 1 aliphatic carbocycles. The summed E-state index contributed by atoms with van der Waals surface area (Å²) in [5.74, 6) is 0.210. The van der Waals surface area contributed by atoms with E-state index in [0.717, 1.165) is 17.7 Å². The molecular weight excluding hydrogens is 330 g/mol. The number of carbonyl (C=O) groups excluding carboxylic acids is 1. The van der Waals surface area contributed by atoms with Crippen LogP contribution in [-0.2, 0) is 11.2 Å². The van der Waals surface area contributed by atoms with Gasteiger partial charge in [0.05, 0.1) is 17.3 Å². The summed E-state index contributed by atoms with van der Waals surface area (Å²) in [5.41, 5.74) is 1.80. The van der Waals surface area contributed by atoms with Crippen LogP contribution in [-0.4, -0.2) is 53.1 Å². The Morgan fingerprint density at radius 2 is 1.88 bits per heavy atom. The molecule has 0 radical (unpaired) electrons.